The minimum atomic E-state index is -0.623. The van der Waals surface area contributed by atoms with Gasteiger partial charge in [0, 0.05) is 6.04 Å². The summed E-state index contributed by atoms with van der Waals surface area (Å²) in [5.41, 5.74) is 0.453. The van der Waals surface area contributed by atoms with Crippen molar-refractivity contribution in [2.75, 3.05) is 6.54 Å². The Labute approximate surface area is 90.3 Å². The molecule has 3 atom stereocenters. The molecule has 0 spiro atoms. The first kappa shape index (κ1) is 9.37. The normalized spacial score (nSPS) is 39.3. The Kier molecular flexibility index (Phi) is 2.08. The third-order valence-electron chi connectivity index (χ3n) is 3.97. The molecular formula is C13H17NO. The van der Waals surface area contributed by atoms with Crippen LogP contribution in [0.5, 0.6) is 0 Å². The third-order valence-corrected chi connectivity index (χ3v) is 3.97. The molecular weight excluding hydrogens is 186 g/mol. The first-order chi connectivity index (χ1) is 7.29. The van der Waals surface area contributed by atoms with Crippen molar-refractivity contribution in [3.63, 3.8) is 0 Å². The highest BCUT2D eigenvalue weighted by molar-refractivity contribution is 5.26. The predicted molar refractivity (Wildman–Crippen MR) is 59.5 cm³/mol. The van der Waals surface area contributed by atoms with E-state index in [-0.39, 0.29) is 6.04 Å². The molecule has 80 valence electrons. The SMILES string of the molecule is O[C@@]1(c2ccccc2)C[C@H]2CC[C@H]1NC2. The second-order valence-electron chi connectivity index (χ2n) is 4.90. The van der Waals surface area contributed by atoms with E-state index in [2.05, 4.69) is 5.32 Å². The molecule has 2 nitrogen and oxygen atoms in total. The van der Waals surface area contributed by atoms with Gasteiger partial charge in [-0.1, -0.05) is 30.3 Å². The zero-order valence-electron chi connectivity index (χ0n) is 8.82. The van der Waals surface area contributed by atoms with Crippen LogP contribution < -0.4 is 5.32 Å². The fraction of sp³-hybridized carbons (Fsp3) is 0.538. The van der Waals surface area contributed by atoms with E-state index in [1.807, 2.05) is 30.3 Å². The quantitative estimate of drug-likeness (QED) is 0.727. The lowest BCUT2D eigenvalue weighted by Gasteiger charge is -2.49. The lowest BCUT2D eigenvalue weighted by molar-refractivity contribution is -0.0760. The Balaban J connectivity index is 1.97. The average molecular weight is 203 g/mol. The van der Waals surface area contributed by atoms with Crippen molar-refractivity contribution in [1.29, 1.82) is 0 Å². The van der Waals surface area contributed by atoms with Crippen LogP contribution in [0, 0.1) is 5.92 Å². The van der Waals surface area contributed by atoms with E-state index in [1.165, 1.54) is 6.42 Å². The molecule has 0 unspecified atom stereocenters. The summed E-state index contributed by atoms with van der Waals surface area (Å²) in [7, 11) is 0. The van der Waals surface area contributed by atoms with Crippen LogP contribution in [-0.2, 0) is 5.60 Å². The summed E-state index contributed by atoms with van der Waals surface area (Å²) in [6, 6.07) is 10.4. The van der Waals surface area contributed by atoms with Crippen LogP contribution >= 0.6 is 0 Å². The molecule has 2 saturated heterocycles. The molecule has 1 aliphatic carbocycles. The van der Waals surface area contributed by atoms with Gasteiger partial charge in [-0.3, -0.25) is 0 Å². The van der Waals surface area contributed by atoms with Gasteiger partial charge in [0.25, 0.3) is 0 Å². The van der Waals surface area contributed by atoms with E-state index in [0.29, 0.717) is 5.92 Å². The molecule has 4 rings (SSSR count). The molecule has 3 fully saturated rings. The van der Waals surface area contributed by atoms with Crippen LogP contribution in [0.3, 0.4) is 0 Å². The van der Waals surface area contributed by atoms with E-state index in [9.17, 15) is 5.11 Å². The number of hydrogen-bond donors (Lipinski definition) is 2. The summed E-state index contributed by atoms with van der Waals surface area (Å²) < 4.78 is 0. The second kappa shape index (κ2) is 3.32. The van der Waals surface area contributed by atoms with Gasteiger partial charge in [0.05, 0.1) is 0 Å². The molecule has 15 heavy (non-hydrogen) atoms. The summed E-state index contributed by atoms with van der Waals surface area (Å²) in [6.45, 7) is 1.08. The fourth-order valence-electron chi connectivity index (χ4n) is 3.13. The van der Waals surface area contributed by atoms with E-state index in [1.54, 1.807) is 0 Å². The molecule has 0 radical (unpaired) electrons. The maximum atomic E-state index is 10.8. The minimum Gasteiger partial charge on any atom is -0.384 e. The molecule has 0 amide bonds. The lowest BCUT2D eigenvalue weighted by atomic mass is 9.68. The Morgan fingerprint density at radius 1 is 1.20 bits per heavy atom. The molecule has 2 aliphatic heterocycles. The smallest absolute Gasteiger partial charge is 0.105 e. The van der Waals surface area contributed by atoms with Gasteiger partial charge in [-0.25, -0.2) is 0 Å². The fourth-order valence-corrected chi connectivity index (χ4v) is 3.13. The first-order valence-corrected chi connectivity index (χ1v) is 5.80. The second-order valence-corrected chi connectivity index (χ2v) is 4.90. The number of rotatable bonds is 1. The number of fused-ring (bicyclic) bond motifs is 3. The van der Waals surface area contributed by atoms with Crippen molar-refractivity contribution in [1.82, 2.24) is 5.32 Å². The van der Waals surface area contributed by atoms with Crippen LogP contribution in [0.1, 0.15) is 24.8 Å². The Bertz CT molecular complexity index is 343. The number of nitrogens with one attached hydrogen (secondary N) is 1. The van der Waals surface area contributed by atoms with E-state index < -0.39 is 5.60 Å². The summed E-state index contributed by atoms with van der Waals surface area (Å²) in [5.74, 6) is 0.653. The van der Waals surface area contributed by atoms with Crippen molar-refractivity contribution in [3.05, 3.63) is 35.9 Å². The van der Waals surface area contributed by atoms with Gasteiger partial charge in [0.1, 0.15) is 5.60 Å². The standard InChI is InChI=1S/C13H17NO/c15-13(11-4-2-1-3-5-11)8-10-6-7-12(13)14-9-10/h1-5,10,12,14-15H,6-9H2/t10-,12-,13-/m1/s1. The Morgan fingerprint density at radius 2 is 2.00 bits per heavy atom. The van der Waals surface area contributed by atoms with Gasteiger partial charge in [-0.05, 0) is 37.3 Å². The number of piperidine rings is 2. The van der Waals surface area contributed by atoms with Crippen molar-refractivity contribution >= 4 is 0 Å². The van der Waals surface area contributed by atoms with Gasteiger partial charge < -0.3 is 10.4 Å². The maximum absolute atomic E-state index is 10.8. The maximum Gasteiger partial charge on any atom is 0.105 e. The first-order valence-electron chi connectivity index (χ1n) is 5.80. The molecule has 2 N–H and O–H groups in total. The Morgan fingerprint density at radius 3 is 2.53 bits per heavy atom. The van der Waals surface area contributed by atoms with Gasteiger partial charge in [0.2, 0.25) is 0 Å². The van der Waals surface area contributed by atoms with Crippen LogP contribution in [0.15, 0.2) is 30.3 Å². The number of benzene rings is 1. The summed E-state index contributed by atoms with van der Waals surface area (Å²) >= 11 is 0. The molecule has 1 aromatic carbocycles. The van der Waals surface area contributed by atoms with Gasteiger partial charge in [0.15, 0.2) is 0 Å². The molecule has 0 aromatic heterocycles. The van der Waals surface area contributed by atoms with E-state index in [0.717, 1.165) is 24.9 Å². The highest BCUT2D eigenvalue weighted by Gasteiger charge is 2.46. The van der Waals surface area contributed by atoms with Gasteiger partial charge >= 0.3 is 0 Å². The van der Waals surface area contributed by atoms with E-state index in [4.69, 9.17) is 0 Å². The molecule has 2 bridgehead atoms. The summed E-state index contributed by atoms with van der Waals surface area (Å²) in [5, 5.41) is 14.2. The Hall–Kier alpha value is -0.860. The highest BCUT2D eigenvalue weighted by Crippen LogP contribution is 2.42. The zero-order chi connectivity index (χ0) is 10.3. The van der Waals surface area contributed by atoms with E-state index >= 15 is 0 Å². The van der Waals surface area contributed by atoms with Crippen LogP contribution in [0.25, 0.3) is 0 Å². The van der Waals surface area contributed by atoms with Gasteiger partial charge in [-0.15, -0.1) is 0 Å². The average Bonchev–Trinajstić information content (AvgIpc) is 2.31. The van der Waals surface area contributed by atoms with Crippen LogP contribution in [0.2, 0.25) is 0 Å². The van der Waals surface area contributed by atoms with Gasteiger partial charge in [-0.2, -0.15) is 0 Å². The van der Waals surface area contributed by atoms with Crippen LogP contribution in [-0.4, -0.2) is 17.7 Å². The number of hydrogen-bond acceptors (Lipinski definition) is 2. The summed E-state index contributed by atoms with van der Waals surface area (Å²) in [6.07, 6.45) is 3.30. The third kappa shape index (κ3) is 1.40. The topological polar surface area (TPSA) is 32.3 Å². The molecule has 1 saturated carbocycles. The van der Waals surface area contributed by atoms with Crippen molar-refractivity contribution in [2.24, 2.45) is 5.92 Å². The predicted octanol–water partition coefficient (Wildman–Crippen LogP) is 1.65. The summed E-state index contributed by atoms with van der Waals surface area (Å²) in [4.78, 5) is 0. The highest BCUT2D eigenvalue weighted by atomic mass is 16.3. The van der Waals surface area contributed by atoms with Crippen molar-refractivity contribution in [3.8, 4) is 0 Å². The molecule has 3 aliphatic rings. The molecule has 1 aromatic rings. The lowest BCUT2D eigenvalue weighted by Crippen LogP contribution is -2.59. The number of aliphatic hydroxyl groups is 1. The largest absolute Gasteiger partial charge is 0.384 e. The zero-order valence-corrected chi connectivity index (χ0v) is 8.82. The molecule has 2 heterocycles. The monoisotopic (exact) mass is 203 g/mol. The van der Waals surface area contributed by atoms with Crippen molar-refractivity contribution < 1.29 is 5.11 Å². The van der Waals surface area contributed by atoms with Crippen molar-refractivity contribution in [2.45, 2.75) is 30.9 Å². The minimum absolute atomic E-state index is 0.255. The van der Waals surface area contributed by atoms with Crippen LogP contribution in [0.4, 0.5) is 0 Å². The molecule has 2 heteroatoms.